The summed E-state index contributed by atoms with van der Waals surface area (Å²) in [4.78, 5) is 0. The van der Waals surface area contributed by atoms with Crippen molar-refractivity contribution in [3.8, 4) is 0 Å². The van der Waals surface area contributed by atoms with E-state index in [1.165, 1.54) is 6.92 Å². The summed E-state index contributed by atoms with van der Waals surface area (Å²) in [6.07, 6.45) is -17.1. The third kappa shape index (κ3) is 3.37. The van der Waals surface area contributed by atoms with Crippen LogP contribution in [0.1, 0.15) is 29.2 Å². The number of hydrogen-bond donors (Lipinski definition) is 0. The third-order valence-electron chi connectivity index (χ3n) is 2.50. The van der Waals surface area contributed by atoms with Crippen molar-refractivity contribution >= 4 is 0 Å². The number of aryl methyl sites for hydroxylation is 1. The number of alkyl halides is 9. The van der Waals surface area contributed by atoms with Crippen LogP contribution in [0.3, 0.4) is 0 Å². The van der Waals surface area contributed by atoms with Crippen molar-refractivity contribution in [3.63, 3.8) is 0 Å². The molecule has 0 aromatic heterocycles. The van der Waals surface area contributed by atoms with Gasteiger partial charge in [0, 0.05) is 0 Å². The van der Waals surface area contributed by atoms with Gasteiger partial charge in [-0.3, -0.25) is 0 Å². The van der Waals surface area contributed by atoms with Crippen molar-refractivity contribution < 1.29 is 39.5 Å². The molecule has 0 nitrogen and oxygen atoms in total. The van der Waals surface area contributed by atoms with Crippen molar-refractivity contribution in [2.75, 3.05) is 0 Å². The van der Waals surface area contributed by atoms with Gasteiger partial charge in [-0.1, -0.05) is 6.92 Å². The number of benzene rings is 1. The van der Waals surface area contributed by atoms with E-state index in [-0.39, 0.29) is 18.6 Å². The molecular formula is C11H7F9. The molecule has 0 radical (unpaired) electrons. The highest BCUT2D eigenvalue weighted by atomic mass is 19.4. The van der Waals surface area contributed by atoms with E-state index in [1.54, 1.807) is 0 Å². The van der Waals surface area contributed by atoms with E-state index in [0.29, 0.717) is 0 Å². The van der Waals surface area contributed by atoms with Crippen LogP contribution < -0.4 is 0 Å². The number of hydrogen-bond acceptors (Lipinski definition) is 0. The zero-order valence-electron chi connectivity index (χ0n) is 9.76. The third-order valence-corrected chi connectivity index (χ3v) is 2.50. The first-order chi connectivity index (χ1) is 8.78. The molecule has 0 bridgehead atoms. The Balaban J connectivity index is 3.83. The van der Waals surface area contributed by atoms with Gasteiger partial charge in [0.05, 0.1) is 16.7 Å². The Morgan fingerprint density at radius 3 is 1.25 bits per heavy atom. The van der Waals surface area contributed by atoms with Crippen molar-refractivity contribution in [1.82, 2.24) is 0 Å². The monoisotopic (exact) mass is 310 g/mol. The summed E-state index contributed by atoms with van der Waals surface area (Å²) in [5, 5.41) is 0. The second kappa shape index (κ2) is 4.85. The summed E-state index contributed by atoms with van der Waals surface area (Å²) >= 11 is 0. The van der Waals surface area contributed by atoms with Crippen LogP contribution in [0.2, 0.25) is 0 Å². The Morgan fingerprint density at radius 2 is 1.05 bits per heavy atom. The average molecular weight is 310 g/mol. The van der Waals surface area contributed by atoms with Gasteiger partial charge in [-0.2, -0.15) is 39.5 Å². The Hall–Kier alpha value is -1.41. The highest BCUT2D eigenvalue weighted by Gasteiger charge is 2.50. The molecular weight excluding hydrogens is 303 g/mol. The quantitative estimate of drug-likeness (QED) is 0.617. The molecule has 0 aliphatic heterocycles. The van der Waals surface area contributed by atoms with Gasteiger partial charge in [0.25, 0.3) is 0 Å². The molecule has 1 rings (SSSR count). The average Bonchev–Trinajstić information content (AvgIpc) is 2.23. The molecule has 20 heavy (non-hydrogen) atoms. The van der Waals surface area contributed by atoms with Crippen molar-refractivity contribution in [3.05, 3.63) is 34.4 Å². The van der Waals surface area contributed by atoms with Crippen LogP contribution in [0.15, 0.2) is 12.1 Å². The molecule has 0 aliphatic rings. The molecule has 1 aromatic rings. The molecule has 1 aromatic carbocycles. The topological polar surface area (TPSA) is 0 Å². The number of halogens is 9. The molecule has 0 atom stereocenters. The summed E-state index contributed by atoms with van der Waals surface area (Å²) in [5.74, 6) is 0. The summed E-state index contributed by atoms with van der Waals surface area (Å²) in [6.45, 7) is 1.24. The summed E-state index contributed by atoms with van der Waals surface area (Å²) in [6, 6.07) is 0.191. The van der Waals surface area contributed by atoms with Crippen LogP contribution in [0.5, 0.6) is 0 Å². The first-order valence-corrected chi connectivity index (χ1v) is 5.17. The molecule has 0 amide bonds. The Bertz CT molecular complexity index is 455. The minimum Gasteiger partial charge on any atom is -0.166 e. The lowest BCUT2D eigenvalue weighted by Gasteiger charge is -2.21. The van der Waals surface area contributed by atoms with Crippen molar-refractivity contribution in [1.29, 1.82) is 0 Å². The lowest BCUT2D eigenvalue weighted by molar-refractivity contribution is -0.174. The zero-order chi connectivity index (χ0) is 15.9. The van der Waals surface area contributed by atoms with E-state index in [2.05, 4.69) is 0 Å². The Morgan fingerprint density at radius 1 is 0.700 bits per heavy atom. The van der Waals surface area contributed by atoms with Crippen LogP contribution in [0.25, 0.3) is 0 Å². The van der Waals surface area contributed by atoms with Gasteiger partial charge in [0.1, 0.15) is 0 Å². The van der Waals surface area contributed by atoms with Crippen molar-refractivity contribution in [2.45, 2.75) is 31.9 Å². The minimum atomic E-state index is -5.76. The maximum absolute atomic E-state index is 12.6. The number of rotatable bonds is 1. The van der Waals surface area contributed by atoms with Crippen LogP contribution in [-0.4, -0.2) is 0 Å². The molecule has 0 spiro atoms. The van der Waals surface area contributed by atoms with Gasteiger partial charge in [0.15, 0.2) is 0 Å². The molecule has 114 valence electrons. The molecule has 0 fully saturated rings. The molecule has 0 unspecified atom stereocenters. The molecule has 0 saturated heterocycles. The maximum Gasteiger partial charge on any atom is 0.417 e. The van der Waals surface area contributed by atoms with Gasteiger partial charge in [-0.25, -0.2) is 0 Å². The van der Waals surface area contributed by atoms with Gasteiger partial charge in [-0.05, 0) is 24.1 Å². The van der Waals surface area contributed by atoms with Crippen LogP contribution >= 0.6 is 0 Å². The molecule has 0 aliphatic carbocycles. The van der Waals surface area contributed by atoms with E-state index in [9.17, 15) is 39.5 Å². The normalized spacial score (nSPS) is 13.7. The molecule has 0 heterocycles. The predicted octanol–water partition coefficient (Wildman–Crippen LogP) is 5.31. The van der Waals surface area contributed by atoms with Gasteiger partial charge in [-0.15, -0.1) is 0 Å². The van der Waals surface area contributed by atoms with E-state index in [4.69, 9.17) is 0 Å². The molecule has 0 saturated carbocycles. The second-order valence-corrected chi connectivity index (χ2v) is 3.91. The van der Waals surface area contributed by atoms with E-state index in [1.807, 2.05) is 0 Å². The smallest absolute Gasteiger partial charge is 0.166 e. The van der Waals surface area contributed by atoms with Gasteiger partial charge >= 0.3 is 18.5 Å². The van der Waals surface area contributed by atoms with E-state index in [0.717, 1.165) is 0 Å². The van der Waals surface area contributed by atoms with Crippen LogP contribution in [0.4, 0.5) is 39.5 Å². The van der Waals surface area contributed by atoms with E-state index < -0.39 is 40.8 Å². The maximum atomic E-state index is 12.6. The summed E-state index contributed by atoms with van der Waals surface area (Å²) in [7, 11) is 0. The van der Waals surface area contributed by atoms with E-state index >= 15 is 0 Å². The summed E-state index contributed by atoms with van der Waals surface area (Å²) in [5.41, 5.74) is -7.82. The highest BCUT2D eigenvalue weighted by Crippen LogP contribution is 2.47. The fourth-order valence-electron chi connectivity index (χ4n) is 1.66. The van der Waals surface area contributed by atoms with Gasteiger partial charge < -0.3 is 0 Å². The Kier molecular flexibility index (Phi) is 4.04. The lowest BCUT2D eigenvalue weighted by atomic mass is 9.95. The van der Waals surface area contributed by atoms with Gasteiger partial charge in [0.2, 0.25) is 0 Å². The van der Waals surface area contributed by atoms with Crippen LogP contribution in [0, 0.1) is 0 Å². The first kappa shape index (κ1) is 16.6. The first-order valence-electron chi connectivity index (χ1n) is 5.17. The largest absolute Gasteiger partial charge is 0.417 e. The predicted molar refractivity (Wildman–Crippen MR) is 50.8 cm³/mol. The zero-order valence-corrected chi connectivity index (χ0v) is 9.76. The minimum absolute atomic E-state index is 0.0953. The standard InChI is InChI=1S/C11H7F9/c1-2-5-3-6(9(12,13)14)8(11(18,19)20)7(4-5)10(15,16)17/h3-4H,2H2,1H3. The Labute approximate surface area is 107 Å². The molecule has 0 N–H and O–H groups in total. The highest BCUT2D eigenvalue weighted by molar-refractivity contribution is 5.44. The fraction of sp³-hybridized carbons (Fsp3) is 0.455. The second-order valence-electron chi connectivity index (χ2n) is 3.91. The lowest BCUT2D eigenvalue weighted by Crippen LogP contribution is -2.23. The molecule has 9 heteroatoms. The SMILES string of the molecule is CCc1cc(C(F)(F)F)c(C(F)(F)F)c(C(F)(F)F)c1. The summed E-state index contributed by atoms with van der Waals surface area (Å²) < 4.78 is 113. The fourth-order valence-corrected chi connectivity index (χ4v) is 1.66. The van der Waals surface area contributed by atoms with Crippen molar-refractivity contribution in [2.24, 2.45) is 0 Å². The van der Waals surface area contributed by atoms with Crippen LogP contribution in [-0.2, 0) is 24.9 Å².